The number of benzene rings is 1. The van der Waals surface area contributed by atoms with E-state index in [1.165, 1.54) is 36.9 Å². The van der Waals surface area contributed by atoms with E-state index in [-0.39, 0.29) is 0 Å². The molecule has 2 unspecified atom stereocenters. The molecule has 2 heterocycles. The van der Waals surface area contributed by atoms with Crippen LogP contribution in [-0.2, 0) is 18.7 Å². The van der Waals surface area contributed by atoms with E-state index in [1.54, 1.807) is 25.3 Å². The number of likely N-dealkylation sites (tertiary alicyclic amines) is 1. The molecule has 1 aliphatic rings. The lowest BCUT2D eigenvalue weighted by molar-refractivity contribution is 0.0386. The molecule has 1 fully saturated rings. The molecule has 2 aromatic rings. The molecule has 0 bridgehead atoms. The highest BCUT2D eigenvalue weighted by Crippen LogP contribution is 2.22. The van der Waals surface area contributed by atoms with Crippen LogP contribution in [0.4, 0.5) is 0 Å². The van der Waals surface area contributed by atoms with Crippen molar-refractivity contribution in [3.8, 4) is 0 Å². The van der Waals surface area contributed by atoms with E-state index in [9.17, 15) is 5.11 Å². The topological polar surface area (TPSA) is 73.0 Å². The normalized spacial score (nSPS) is 20.0. The molecule has 0 aliphatic carbocycles. The predicted octanol–water partition coefficient (Wildman–Crippen LogP) is 3.62. The first kappa shape index (κ1) is 22.4. The summed E-state index contributed by atoms with van der Waals surface area (Å²) in [5.74, 6) is 1.22. The van der Waals surface area contributed by atoms with Gasteiger partial charge in [-0.25, -0.2) is 4.99 Å². The van der Waals surface area contributed by atoms with Crippen molar-refractivity contribution >= 4 is 5.96 Å². The zero-order valence-corrected chi connectivity index (χ0v) is 18.5. The molecule has 1 aromatic carbocycles. The van der Waals surface area contributed by atoms with Crippen molar-refractivity contribution in [2.24, 2.45) is 4.99 Å². The Morgan fingerprint density at radius 3 is 2.70 bits per heavy atom. The van der Waals surface area contributed by atoms with Crippen LogP contribution in [0.5, 0.6) is 0 Å². The molecule has 0 radical (unpaired) electrons. The van der Waals surface area contributed by atoms with Crippen LogP contribution in [-0.4, -0.2) is 41.6 Å². The summed E-state index contributed by atoms with van der Waals surface area (Å²) >= 11 is 0. The van der Waals surface area contributed by atoms with Gasteiger partial charge in [-0.2, -0.15) is 0 Å². The van der Waals surface area contributed by atoms with Crippen LogP contribution in [0.2, 0.25) is 0 Å². The molecule has 3 rings (SSSR count). The standard InChI is InChI=1S/C24H36N4O2/c1-4-25-23(27-18-24(3,29)22-13-9-15-30-22)26-16-20-11-5-6-12-21(20)17-28-14-8-7-10-19(28)2/h5-6,9,11-13,15,19,29H,4,7-8,10,14,16-18H2,1-3H3,(H2,25,26,27). The Labute approximate surface area is 180 Å². The van der Waals surface area contributed by atoms with Crippen molar-refractivity contribution in [3.05, 3.63) is 59.5 Å². The van der Waals surface area contributed by atoms with Crippen LogP contribution in [0, 0.1) is 0 Å². The lowest BCUT2D eigenvalue weighted by atomic mass is 10.0. The number of aliphatic imine (C=N–C) groups is 1. The summed E-state index contributed by atoms with van der Waals surface area (Å²) in [6, 6.07) is 12.8. The van der Waals surface area contributed by atoms with Crippen molar-refractivity contribution in [2.75, 3.05) is 19.6 Å². The molecule has 6 nitrogen and oxygen atoms in total. The summed E-state index contributed by atoms with van der Waals surface area (Å²) in [4.78, 5) is 7.35. The molecular weight excluding hydrogens is 376 g/mol. The fraction of sp³-hybridized carbons (Fsp3) is 0.542. The van der Waals surface area contributed by atoms with E-state index in [1.807, 2.05) is 6.92 Å². The smallest absolute Gasteiger partial charge is 0.191 e. The van der Waals surface area contributed by atoms with Crippen LogP contribution < -0.4 is 10.6 Å². The molecular formula is C24H36N4O2. The number of hydrogen-bond acceptors (Lipinski definition) is 4. The predicted molar refractivity (Wildman–Crippen MR) is 121 cm³/mol. The molecule has 1 aromatic heterocycles. The highest BCUT2D eigenvalue weighted by Gasteiger charge is 2.26. The molecule has 0 amide bonds. The molecule has 3 N–H and O–H groups in total. The summed E-state index contributed by atoms with van der Waals surface area (Å²) in [6.45, 7) is 9.90. The van der Waals surface area contributed by atoms with Gasteiger partial charge in [0, 0.05) is 19.1 Å². The van der Waals surface area contributed by atoms with Crippen molar-refractivity contribution in [1.82, 2.24) is 15.5 Å². The lowest BCUT2D eigenvalue weighted by Crippen LogP contribution is -2.44. The van der Waals surface area contributed by atoms with Gasteiger partial charge in [-0.05, 0) is 63.4 Å². The number of piperidine rings is 1. The molecule has 6 heteroatoms. The van der Waals surface area contributed by atoms with Crippen LogP contribution in [0.3, 0.4) is 0 Å². The third kappa shape index (κ3) is 6.09. The summed E-state index contributed by atoms with van der Waals surface area (Å²) in [6.07, 6.45) is 5.48. The number of rotatable bonds is 8. The number of furan rings is 1. The van der Waals surface area contributed by atoms with Crippen molar-refractivity contribution in [1.29, 1.82) is 0 Å². The molecule has 1 saturated heterocycles. The maximum absolute atomic E-state index is 10.7. The summed E-state index contributed by atoms with van der Waals surface area (Å²) in [5.41, 5.74) is 1.47. The molecule has 0 spiro atoms. The van der Waals surface area contributed by atoms with Gasteiger partial charge in [-0.15, -0.1) is 0 Å². The van der Waals surface area contributed by atoms with Crippen molar-refractivity contribution in [2.45, 2.75) is 64.8 Å². The highest BCUT2D eigenvalue weighted by molar-refractivity contribution is 5.79. The van der Waals surface area contributed by atoms with E-state index in [0.29, 0.717) is 30.9 Å². The average Bonchev–Trinajstić information content (AvgIpc) is 3.29. The molecule has 164 valence electrons. The van der Waals surface area contributed by atoms with Crippen LogP contribution >= 0.6 is 0 Å². The minimum Gasteiger partial charge on any atom is -0.466 e. The number of nitrogens with zero attached hydrogens (tertiary/aromatic N) is 2. The third-order valence-corrected chi connectivity index (χ3v) is 5.84. The number of aliphatic hydroxyl groups is 1. The Balaban J connectivity index is 1.66. The molecule has 2 atom stereocenters. The van der Waals surface area contributed by atoms with Gasteiger partial charge >= 0.3 is 0 Å². The zero-order valence-electron chi connectivity index (χ0n) is 18.5. The molecule has 0 saturated carbocycles. The highest BCUT2D eigenvalue weighted by atomic mass is 16.4. The Morgan fingerprint density at radius 2 is 2.00 bits per heavy atom. The second-order valence-corrected chi connectivity index (χ2v) is 8.38. The van der Waals surface area contributed by atoms with Gasteiger partial charge in [0.25, 0.3) is 0 Å². The van der Waals surface area contributed by atoms with Gasteiger partial charge in [0.1, 0.15) is 11.4 Å². The van der Waals surface area contributed by atoms with Gasteiger partial charge in [0.2, 0.25) is 0 Å². The summed E-state index contributed by atoms with van der Waals surface area (Å²) in [7, 11) is 0. The summed E-state index contributed by atoms with van der Waals surface area (Å²) in [5, 5.41) is 17.2. The van der Waals surface area contributed by atoms with E-state index in [2.05, 4.69) is 46.7 Å². The fourth-order valence-corrected chi connectivity index (χ4v) is 3.91. The Morgan fingerprint density at radius 1 is 1.20 bits per heavy atom. The van der Waals surface area contributed by atoms with Crippen molar-refractivity contribution < 1.29 is 9.52 Å². The van der Waals surface area contributed by atoms with Crippen LogP contribution in [0.1, 0.15) is 56.9 Å². The second kappa shape index (κ2) is 10.6. The first-order chi connectivity index (χ1) is 14.5. The monoisotopic (exact) mass is 412 g/mol. The van der Waals surface area contributed by atoms with Gasteiger partial charge in [0.15, 0.2) is 5.96 Å². The van der Waals surface area contributed by atoms with E-state index in [4.69, 9.17) is 9.41 Å². The minimum absolute atomic E-state index is 0.305. The average molecular weight is 413 g/mol. The maximum Gasteiger partial charge on any atom is 0.191 e. The van der Waals surface area contributed by atoms with Crippen molar-refractivity contribution in [3.63, 3.8) is 0 Å². The van der Waals surface area contributed by atoms with Gasteiger partial charge < -0.3 is 20.2 Å². The lowest BCUT2D eigenvalue weighted by Gasteiger charge is -2.33. The Kier molecular flexibility index (Phi) is 7.94. The van der Waals surface area contributed by atoms with E-state index in [0.717, 1.165) is 13.1 Å². The minimum atomic E-state index is -1.11. The Hall–Kier alpha value is -2.31. The molecule has 30 heavy (non-hydrogen) atoms. The van der Waals surface area contributed by atoms with Gasteiger partial charge in [-0.1, -0.05) is 30.7 Å². The number of nitrogens with one attached hydrogen (secondary N) is 2. The zero-order chi connectivity index (χ0) is 21.4. The van der Waals surface area contributed by atoms with E-state index >= 15 is 0 Å². The van der Waals surface area contributed by atoms with Gasteiger partial charge in [0.05, 0.1) is 19.4 Å². The molecule has 1 aliphatic heterocycles. The van der Waals surface area contributed by atoms with E-state index < -0.39 is 5.60 Å². The first-order valence-electron chi connectivity index (χ1n) is 11.1. The summed E-state index contributed by atoms with van der Waals surface area (Å²) < 4.78 is 5.36. The fourth-order valence-electron chi connectivity index (χ4n) is 3.91. The number of guanidine groups is 1. The number of hydrogen-bond donors (Lipinski definition) is 3. The van der Waals surface area contributed by atoms with Crippen LogP contribution in [0.25, 0.3) is 0 Å². The third-order valence-electron chi connectivity index (χ3n) is 5.84. The van der Waals surface area contributed by atoms with Crippen LogP contribution in [0.15, 0.2) is 52.1 Å². The maximum atomic E-state index is 10.7. The largest absolute Gasteiger partial charge is 0.466 e. The second-order valence-electron chi connectivity index (χ2n) is 8.38. The Bertz CT molecular complexity index is 801. The van der Waals surface area contributed by atoms with Gasteiger partial charge in [-0.3, -0.25) is 4.90 Å². The SMILES string of the molecule is CCNC(=NCc1ccccc1CN1CCCCC1C)NCC(C)(O)c1ccco1. The quantitative estimate of drug-likeness (QED) is 0.456. The first-order valence-corrected chi connectivity index (χ1v) is 11.1.